The fraction of sp³-hybridized carbons (Fsp3) is 0.348. The molecule has 5 N–H and O–H groups in total. The molecule has 180 valence electrons. The summed E-state index contributed by atoms with van der Waals surface area (Å²) in [6.07, 6.45) is 2.02. The van der Waals surface area contributed by atoms with Crippen LogP contribution in [0.2, 0.25) is 5.02 Å². The second-order valence-electron chi connectivity index (χ2n) is 7.65. The number of guanidine groups is 1. The SMILES string of the molecule is C=C/C(=N\C(N)=NCC1COCCO1)c1[nH]c2c(c1Nc1cccc(Cl)c1OC)C(=O)NCC2. The number of halogens is 1. The van der Waals surface area contributed by atoms with Crippen molar-refractivity contribution in [3.8, 4) is 5.75 Å². The Morgan fingerprint density at radius 3 is 3.03 bits per heavy atom. The second kappa shape index (κ2) is 10.7. The highest BCUT2D eigenvalue weighted by Gasteiger charge is 2.28. The monoisotopic (exact) mass is 486 g/mol. The summed E-state index contributed by atoms with van der Waals surface area (Å²) in [6, 6.07) is 5.32. The molecule has 11 heteroatoms. The van der Waals surface area contributed by atoms with Gasteiger partial charge in [0.25, 0.3) is 5.91 Å². The molecule has 1 aromatic heterocycles. The van der Waals surface area contributed by atoms with Crippen molar-refractivity contribution in [2.45, 2.75) is 12.5 Å². The predicted octanol–water partition coefficient (Wildman–Crippen LogP) is 2.41. The van der Waals surface area contributed by atoms with Crippen LogP contribution in [0, 0.1) is 0 Å². The van der Waals surface area contributed by atoms with E-state index < -0.39 is 0 Å². The van der Waals surface area contributed by atoms with Crippen molar-refractivity contribution in [1.82, 2.24) is 10.3 Å². The number of benzene rings is 1. The molecule has 2 aliphatic heterocycles. The highest BCUT2D eigenvalue weighted by Crippen LogP contribution is 2.38. The van der Waals surface area contributed by atoms with Gasteiger partial charge >= 0.3 is 0 Å². The molecule has 1 saturated heterocycles. The number of aliphatic imine (C=N–C) groups is 2. The summed E-state index contributed by atoms with van der Waals surface area (Å²) in [7, 11) is 1.53. The number of aromatic nitrogens is 1. The van der Waals surface area contributed by atoms with Gasteiger partial charge in [0.2, 0.25) is 5.96 Å². The highest BCUT2D eigenvalue weighted by molar-refractivity contribution is 6.32. The number of carbonyl (C=O) groups excluding carboxylic acids is 1. The van der Waals surface area contributed by atoms with E-state index in [9.17, 15) is 4.79 Å². The van der Waals surface area contributed by atoms with Gasteiger partial charge in [0.1, 0.15) is 6.10 Å². The first-order valence-corrected chi connectivity index (χ1v) is 11.2. The molecule has 0 radical (unpaired) electrons. The largest absolute Gasteiger partial charge is 0.493 e. The van der Waals surface area contributed by atoms with Crippen LogP contribution in [0.4, 0.5) is 11.4 Å². The fourth-order valence-electron chi connectivity index (χ4n) is 3.85. The van der Waals surface area contributed by atoms with Crippen LogP contribution in [0.25, 0.3) is 0 Å². The minimum absolute atomic E-state index is 0.0624. The van der Waals surface area contributed by atoms with Gasteiger partial charge in [0.05, 0.1) is 66.8 Å². The van der Waals surface area contributed by atoms with Gasteiger partial charge in [-0.25, -0.2) is 9.98 Å². The van der Waals surface area contributed by atoms with E-state index in [1.54, 1.807) is 24.3 Å². The summed E-state index contributed by atoms with van der Waals surface area (Å²) >= 11 is 6.30. The van der Waals surface area contributed by atoms with Crippen molar-refractivity contribution in [3.05, 3.63) is 52.8 Å². The number of amides is 1. The zero-order chi connectivity index (χ0) is 24.1. The Hall–Kier alpha value is -3.34. The molecule has 1 atom stereocenters. The lowest BCUT2D eigenvalue weighted by atomic mass is 10.1. The van der Waals surface area contributed by atoms with Gasteiger partial charge in [-0.1, -0.05) is 24.2 Å². The lowest BCUT2D eigenvalue weighted by molar-refractivity contribution is -0.0832. The first kappa shape index (κ1) is 23.8. The molecule has 0 bridgehead atoms. The lowest BCUT2D eigenvalue weighted by Crippen LogP contribution is -2.31. The Bertz CT molecular complexity index is 1140. The van der Waals surface area contributed by atoms with Crippen LogP contribution in [0.1, 0.15) is 21.7 Å². The molecule has 2 aliphatic rings. The quantitative estimate of drug-likeness (QED) is 0.350. The standard InChI is InChI=1S/C23H27ClN6O4/c1-3-15(30-23(25)27-11-13-12-33-9-10-34-13)19-20(18-16(28-19)7-8-26-22(18)31)29-17-6-4-5-14(24)21(17)32-2/h3-6,13,28-29H,1,7-12H2,2H3,(H2,25,27)(H,26,31)/b30-15+. The van der Waals surface area contributed by atoms with E-state index in [1.165, 1.54) is 7.11 Å². The summed E-state index contributed by atoms with van der Waals surface area (Å²) in [4.78, 5) is 24.9. The fourth-order valence-corrected chi connectivity index (χ4v) is 4.10. The number of anilines is 2. The molecule has 0 aliphatic carbocycles. The molecular formula is C23H27ClN6O4. The number of hydrogen-bond acceptors (Lipinski definition) is 6. The summed E-state index contributed by atoms with van der Waals surface area (Å²) in [5.41, 5.74) is 9.44. The number of nitrogens with one attached hydrogen (secondary N) is 3. The first-order chi connectivity index (χ1) is 16.5. The third kappa shape index (κ3) is 5.09. The maximum absolute atomic E-state index is 12.8. The van der Waals surface area contributed by atoms with Gasteiger partial charge in [-0.15, -0.1) is 0 Å². The number of H-pyrrole nitrogens is 1. The Morgan fingerprint density at radius 2 is 2.29 bits per heavy atom. The molecule has 1 fully saturated rings. The third-order valence-corrected chi connectivity index (χ3v) is 5.72. The molecule has 4 rings (SSSR count). The number of rotatable bonds is 7. The van der Waals surface area contributed by atoms with Crippen molar-refractivity contribution in [3.63, 3.8) is 0 Å². The topological polar surface area (TPSA) is 135 Å². The van der Waals surface area contributed by atoms with Crippen LogP contribution in [0.15, 0.2) is 40.8 Å². The zero-order valence-electron chi connectivity index (χ0n) is 18.8. The molecule has 0 spiro atoms. The van der Waals surface area contributed by atoms with Crippen molar-refractivity contribution in [2.75, 3.05) is 45.3 Å². The van der Waals surface area contributed by atoms with Crippen molar-refractivity contribution < 1.29 is 19.0 Å². The minimum Gasteiger partial charge on any atom is -0.493 e. The average Bonchev–Trinajstić information content (AvgIpc) is 3.21. The number of nitrogens with zero attached hydrogens (tertiary/aromatic N) is 2. The molecular weight excluding hydrogens is 460 g/mol. The van der Waals surface area contributed by atoms with Crippen molar-refractivity contribution >= 4 is 40.6 Å². The Kier molecular flexibility index (Phi) is 7.51. The predicted molar refractivity (Wildman–Crippen MR) is 132 cm³/mol. The number of hydrogen-bond donors (Lipinski definition) is 4. The average molecular weight is 487 g/mol. The smallest absolute Gasteiger partial charge is 0.255 e. The van der Waals surface area contributed by atoms with E-state index in [1.807, 2.05) is 0 Å². The van der Waals surface area contributed by atoms with Crippen LogP contribution < -0.4 is 21.1 Å². The number of methoxy groups -OCH3 is 1. The van der Waals surface area contributed by atoms with E-state index in [4.69, 9.17) is 31.5 Å². The molecule has 10 nitrogen and oxygen atoms in total. The van der Waals surface area contributed by atoms with Gasteiger partial charge in [-0.2, -0.15) is 0 Å². The number of fused-ring (bicyclic) bond motifs is 1. The van der Waals surface area contributed by atoms with Crippen LogP contribution in [-0.2, 0) is 15.9 Å². The Balaban J connectivity index is 1.71. The molecule has 3 heterocycles. The van der Waals surface area contributed by atoms with Gasteiger partial charge in [-0.3, -0.25) is 4.79 Å². The van der Waals surface area contributed by atoms with E-state index in [-0.39, 0.29) is 18.0 Å². The maximum atomic E-state index is 12.8. The van der Waals surface area contributed by atoms with Crippen LogP contribution in [0.3, 0.4) is 0 Å². The number of ether oxygens (including phenoxy) is 3. The first-order valence-electron chi connectivity index (χ1n) is 10.8. The van der Waals surface area contributed by atoms with Gasteiger partial charge in [-0.05, 0) is 18.2 Å². The summed E-state index contributed by atoms with van der Waals surface area (Å²) < 4.78 is 16.4. The molecule has 1 unspecified atom stereocenters. The highest BCUT2D eigenvalue weighted by atomic mass is 35.5. The van der Waals surface area contributed by atoms with Gasteiger partial charge in [0, 0.05) is 18.7 Å². The van der Waals surface area contributed by atoms with Gasteiger partial charge < -0.3 is 35.6 Å². The van der Waals surface area contributed by atoms with E-state index >= 15 is 0 Å². The molecule has 34 heavy (non-hydrogen) atoms. The van der Waals surface area contributed by atoms with E-state index in [0.717, 1.165) is 5.69 Å². The summed E-state index contributed by atoms with van der Waals surface area (Å²) in [6.45, 7) is 6.30. The molecule has 0 saturated carbocycles. The van der Waals surface area contributed by atoms with Crippen LogP contribution in [0.5, 0.6) is 5.75 Å². The van der Waals surface area contributed by atoms with E-state index in [2.05, 4.69) is 32.2 Å². The normalized spacial score (nSPS) is 18.8. The maximum Gasteiger partial charge on any atom is 0.255 e. The van der Waals surface area contributed by atoms with E-state index in [0.29, 0.717) is 78.4 Å². The second-order valence-corrected chi connectivity index (χ2v) is 8.06. The van der Waals surface area contributed by atoms with Crippen molar-refractivity contribution in [1.29, 1.82) is 0 Å². The Labute approximate surface area is 202 Å². The molecule has 1 aromatic carbocycles. The minimum atomic E-state index is -0.202. The number of nitrogens with two attached hydrogens (primary N) is 1. The molecule has 1 amide bonds. The van der Waals surface area contributed by atoms with Crippen molar-refractivity contribution in [2.24, 2.45) is 15.7 Å². The van der Waals surface area contributed by atoms with Crippen LogP contribution in [-0.4, -0.2) is 68.7 Å². The summed E-state index contributed by atoms with van der Waals surface area (Å²) in [5.74, 6) is 0.313. The number of carbonyl (C=O) groups is 1. The molecule has 2 aromatic rings. The number of para-hydroxylation sites is 1. The lowest BCUT2D eigenvalue weighted by Gasteiger charge is -2.21. The Morgan fingerprint density at radius 1 is 1.44 bits per heavy atom. The van der Waals surface area contributed by atoms with Gasteiger partial charge in [0.15, 0.2) is 5.75 Å². The third-order valence-electron chi connectivity index (χ3n) is 5.42. The van der Waals surface area contributed by atoms with Crippen LogP contribution >= 0.6 is 11.6 Å². The summed E-state index contributed by atoms with van der Waals surface area (Å²) in [5, 5.41) is 6.61. The number of allylic oxidation sites excluding steroid dienone is 1. The zero-order valence-corrected chi connectivity index (χ0v) is 19.6. The number of aromatic amines is 1.